The molecule has 2 heterocycles. The number of hydrogen-bond donors (Lipinski definition) is 0. The van der Waals surface area contributed by atoms with Gasteiger partial charge in [0.1, 0.15) is 22.8 Å². The van der Waals surface area contributed by atoms with E-state index in [9.17, 15) is 8.78 Å². The Morgan fingerprint density at radius 2 is 0.932 bits per heavy atom. The topological polar surface area (TPSA) is 21.3 Å². The number of nitrogens with zero attached hydrogens (tertiary/aromatic N) is 2. The van der Waals surface area contributed by atoms with Gasteiger partial charge in [0, 0.05) is 49.9 Å². The lowest BCUT2D eigenvalue weighted by molar-refractivity contribution is 0.629. The Morgan fingerprint density at radius 3 is 1.63 bits per heavy atom. The third-order valence-electron chi connectivity index (χ3n) is 11.3. The maximum atomic E-state index is 14.7. The minimum absolute atomic E-state index is 0.345. The number of hydrogen-bond acceptors (Lipinski definition) is 2. The van der Waals surface area contributed by atoms with E-state index >= 15 is 0 Å². The molecule has 0 N–H and O–H groups in total. The first-order valence-electron chi connectivity index (χ1n) is 19.6. The van der Waals surface area contributed by atoms with Gasteiger partial charge in [-0.1, -0.05) is 115 Å². The minimum Gasteiger partial charge on any atom is -0.455 e. The molecule has 0 saturated carbocycles. The number of benzene rings is 9. The van der Waals surface area contributed by atoms with Gasteiger partial charge >= 0.3 is 0 Å². The van der Waals surface area contributed by atoms with E-state index in [-0.39, 0.29) is 11.6 Å². The van der Waals surface area contributed by atoms with Crippen molar-refractivity contribution in [3.05, 3.63) is 218 Å². The second-order valence-electron chi connectivity index (χ2n) is 14.8. The highest BCUT2D eigenvalue weighted by Gasteiger charge is 2.18. The SMILES string of the molecule is Fc1ccc2c3ccc(F)cc3n(-c3cccc(-c4cccc(N(c5ccc(-c6cccc7c6oc6ccccc67)cc5)c5cccc(-c6ccccc6)c5)c4)c3)c2c1. The molecule has 0 atom stereocenters. The fourth-order valence-electron chi connectivity index (χ4n) is 8.56. The van der Waals surface area contributed by atoms with Crippen molar-refractivity contribution < 1.29 is 13.2 Å². The molecule has 3 nitrogen and oxygen atoms in total. The summed E-state index contributed by atoms with van der Waals surface area (Å²) in [5, 5.41) is 3.93. The number of para-hydroxylation sites is 2. The van der Waals surface area contributed by atoms with Crippen LogP contribution in [0.25, 0.3) is 82.8 Å². The van der Waals surface area contributed by atoms with Crippen molar-refractivity contribution in [1.29, 1.82) is 0 Å². The van der Waals surface area contributed by atoms with Crippen LogP contribution in [0.2, 0.25) is 0 Å². The van der Waals surface area contributed by atoms with Crippen LogP contribution in [0, 0.1) is 11.6 Å². The van der Waals surface area contributed by atoms with Crippen molar-refractivity contribution in [2.24, 2.45) is 0 Å². The summed E-state index contributed by atoms with van der Waals surface area (Å²) in [6.45, 7) is 0. The second-order valence-corrected chi connectivity index (χ2v) is 14.8. The molecule has 0 saturated heterocycles. The van der Waals surface area contributed by atoms with Gasteiger partial charge in [-0.2, -0.15) is 0 Å². The van der Waals surface area contributed by atoms with Crippen LogP contribution >= 0.6 is 0 Å². The van der Waals surface area contributed by atoms with Crippen LogP contribution in [0.15, 0.2) is 211 Å². The molecule has 0 spiro atoms. The summed E-state index contributed by atoms with van der Waals surface area (Å²) in [4.78, 5) is 2.28. The Kier molecular flexibility index (Phi) is 8.19. The number of halogens is 2. The molecule has 11 aromatic rings. The number of rotatable bonds is 7. The average Bonchev–Trinajstić information content (AvgIpc) is 3.82. The Labute approximate surface area is 339 Å². The first-order chi connectivity index (χ1) is 29.1. The van der Waals surface area contributed by atoms with E-state index in [4.69, 9.17) is 4.42 Å². The molecular formula is C54H34F2N2O. The highest BCUT2D eigenvalue weighted by atomic mass is 19.1. The van der Waals surface area contributed by atoms with Gasteiger partial charge in [0.05, 0.1) is 11.0 Å². The molecule has 0 unspecified atom stereocenters. The third-order valence-corrected chi connectivity index (χ3v) is 11.3. The predicted octanol–water partition coefficient (Wildman–Crippen LogP) is 15.4. The van der Waals surface area contributed by atoms with E-state index in [2.05, 4.69) is 138 Å². The zero-order chi connectivity index (χ0) is 39.5. The van der Waals surface area contributed by atoms with Crippen LogP contribution in [-0.4, -0.2) is 4.57 Å². The summed E-state index contributed by atoms with van der Waals surface area (Å²) in [6, 6.07) is 68.3. The monoisotopic (exact) mass is 764 g/mol. The van der Waals surface area contributed by atoms with Crippen molar-refractivity contribution in [3.63, 3.8) is 0 Å². The Hall–Kier alpha value is -7.76. The fourth-order valence-corrected chi connectivity index (χ4v) is 8.56. The quantitative estimate of drug-likeness (QED) is 0.161. The van der Waals surface area contributed by atoms with Gasteiger partial charge in [-0.15, -0.1) is 0 Å². The van der Waals surface area contributed by atoms with Crippen LogP contribution in [-0.2, 0) is 0 Å². The molecule has 0 aliphatic heterocycles. The van der Waals surface area contributed by atoms with Gasteiger partial charge in [0.25, 0.3) is 0 Å². The van der Waals surface area contributed by atoms with Crippen molar-refractivity contribution in [3.8, 4) is 39.1 Å². The fraction of sp³-hybridized carbons (Fsp3) is 0. The molecule has 0 bridgehead atoms. The lowest BCUT2D eigenvalue weighted by Gasteiger charge is -2.27. The highest BCUT2D eigenvalue weighted by molar-refractivity contribution is 6.10. The maximum absolute atomic E-state index is 14.7. The van der Waals surface area contributed by atoms with Crippen LogP contribution in [0.1, 0.15) is 0 Å². The molecule has 0 radical (unpaired) electrons. The third kappa shape index (κ3) is 6.03. The van der Waals surface area contributed by atoms with E-state index in [1.807, 2.05) is 41.0 Å². The van der Waals surface area contributed by atoms with Gasteiger partial charge in [0.2, 0.25) is 0 Å². The standard InChI is InChI=1S/C54H34F2N2O/c55-40-24-28-47-48-29-25-41(56)34-52(48)58(51(47)33-40)45-17-8-14-39(32-45)38-13-7-16-44(31-38)57(43-15-6-12-37(30-43)35-10-2-1-3-11-35)42-26-22-36(23-27-42)46-19-9-20-50-49-18-4-5-21-53(49)59-54(46)50/h1-34H. The summed E-state index contributed by atoms with van der Waals surface area (Å²) < 4.78 is 37.8. The summed E-state index contributed by atoms with van der Waals surface area (Å²) in [5.41, 5.74) is 13.2. The number of anilines is 3. The van der Waals surface area contributed by atoms with Gasteiger partial charge in [-0.25, -0.2) is 8.78 Å². The molecule has 9 aromatic carbocycles. The zero-order valence-electron chi connectivity index (χ0n) is 31.7. The minimum atomic E-state index is -0.345. The zero-order valence-corrected chi connectivity index (χ0v) is 31.7. The molecule has 11 rings (SSSR count). The van der Waals surface area contributed by atoms with Crippen molar-refractivity contribution in [2.45, 2.75) is 0 Å². The predicted molar refractivity (Wildman–Crippen MR) is 239 cm³/mol. The summed E-state index contributed by atoms with van der Waals surface area (Å²) in [6.07, 6.45) is 0. The normalized spacial score (nSPS) is 11.6. The molecule has 0 aliphatic carbocycles. The first-order valence-corrected chi connectivity index (χ1v) is 19.6. The van der Waals surface area contributed by atoms with Crippen LogP contribution in [0.4, 0.5) is 25.8 Å². The average molecular weight is 765 g/mol. The molecule has 0 fully saturated rings. The van der Waals surface area contributed by atoms with E-state index in [0.29, 0.717) is 11.0 Å². The summed E-state index contributed by atoms with van der Waals surface area (Å²) >= 11 is 0. The Morgan fingerprint density at radius 1 is 0.373 bits per heavy atom. The van der Waals surface area contributed by atoms with Crippen molar-refractivity contribution in [1.82, 2.24) is 4.57 Å². The van der Waals surface area contributed by atoms with E-state index in [0.717, 1.165) is 88.8 Å². The van der Waals surface area contributed by atoms with E-state index in [1.54, 1.807) is 12.1 Å². The van der Waals surface area contributed by atoms with E-state index in [1.165, 1.54) is 24.3 Å². The van der Waals surface area contributed by atoms with Crippen molar-refractivity contribution >= 4 is 60.8 Å². The summed E-state index contributed by atoms with van der Waals surface area (Å²) in [5.74, 6) is -0.691. The molecule has 59 heavy (non-hydrogen) atoms. The number of aromatic nitrogens is 1. The molecule has 0 amide bonds. The number of fused-ring (bicyclic) bond motifs is 6. The Balaban J connectivity index is 1.03. The Bertz CT molecular complexity index is 3310. The van der Waals surface area contributed by atoms with Crippen LogP contribution in [0.3, 0.4) is 0 Å². The highest BCUT2D eigenvalue weighted by Crippen LogP contribution is 2.41. The number of furan rings is 1. The van der Waals surface area contributed by atoms with Crippen LogP contribution in [0.5, 0.6) is 0 Å². The van der Waals surface area contributed by atoms with Gasteiger partial charge in [0.15, 0.2) is 0 Å². The smallest absolute Gasteiger partial charge is 0.143 e. The van der Waals surface area contributed by atoms with Crippen LogP contribution < -0.4 is 4.90 Å². The molecule has 0 aliphatic rings. The van der Waals surface area contributed by atoms with Gasteiger partial charge in [-0.3, -0.25) is 0 Å². The largest absolute Gasteiger partial charge is 0.455 e. The molecule has 280 valence electrons. The second kappa shape index (κ2) is 14.0. The summed E-state index contributed by atoms with van der Waals surface area (Å²) in [7, 11) is 0. The van der Waals surface area contributed by atoms with E-state index < -0.39 is 0 Å². The van der Waals surface area contributed by atoms with Gasteiger partial charge in [-0.05, 0) is 119 Å². The van der Waals surface area contributed by atoms with Crippen molar-refractivity contribution in [2.75, 3.05) is 4.90 Å². The molecule has 5 heteroatoms. The first kappa shape index (κ1) is 34.5. The molecule has 2 aromatic heterocycles. The molecular weight excluding hydrogens is 731 g/mol. The maximum Gasteiger partial charge on any atom is 0.143 e. The lowest BCUT2D eigenvalue weighted by Crippen LogP contribution is -2.10. The van der Waals surface area contributed by atoms with Gasteiger partial charge < -0.3 is 13.9 Å². The lowest BCUT2D eigenvalue weighted by atomic mass is 10.0.